The minimum absolute atomic E-state index is 0.0583. The summed E-state index contributed by atoms with van der Waals surface area (Å²) in [5.74, 6) is 4.02. The van der Waals surface area contributed by atoms with E-state index in [1.165, 1.54) is 51.4 Å². The van der Waals surface area contributed by atoms with Gasteiger partial charge in [-0.05, 0) is 114 Å². The van der Waals surface area contributed by atoms with E-state index >= 15 is 0 Å². The lowest BCUT2D eigenvalue weighted by atomic mass is 9.35. The van der Waals surface area contributed by atoms with E-state index in [9.17, 15) is 5.11 Å². The van der Waals surface area contributed by atoms with Gasteiger partial charge in [-0.3, -0.25) is 0 Å². The Morgan fingerprint density at radius 3 is 2.13 bits per heavy atom. The van der Waals surface area contributed by atoms with Crippen molar-refractivity contribution < 1.29 is 5.11 Å². The lowest BCUT2D eigenvalue weighted by Gasteiger charge is -2.69. The molecular weight excluding hydrogens is 376 g/mol. The Balaban J connectivity index is 1.57. The lowest BCUT2D eigenvalue weighted by Crippen LogP contribution is -2.62. The van der Waals surface area contributed by atoms with Crippen molar-refractivity contribution in [1.82, 2.24) is 0 Å². The van der Waals surface area contributed by atoms with Crippen LogP contribution in [0.2, 0.25) is 0 Å². The number of allylic oxidation sites excluding steroid dienone is 2. The molecule has 31 heavy (non-hydrogen) atoms. The van der Waals surface area contributed by atoms with Crippen molar-refractivity contribution >= 4 is 0 Å². The van der Waals surface area contributed by atoms with Crippen molar-refractivity contribution in [2.75, 3.05) is 0 Å². The van der Waals surface area contributed by atoms with Crippen molar-refractivity contribution in [3.05, 3.63) is 11.6 Å². The molecule has 0 aromatic heterocycles. The molecule has 176 valence electrons. The summed E-state index contributed by atoms with van der Waals surface area (Å²) in [5.41, 5.74) is 3.61. The Morgan fingerprint density at radius 2 is 1.45 bits per heavy atom. The highest BCUT2D eigenvalue weighted by molar-refractivity contribution is 5.35. The smallest absolute Gasteiger partial charge is 0.0594 e. The van der Waals surface area contributed by atoms with Gasteiger partial charge in [-0.2, -0.15) is 0 Å². The van der Waals surface area contributed by atoms with Gasteiger partial charge in [0.05, 0.1) is 6.10 Å². The second kappa shape index (κ2) is 6.64. The number of fused-ring (bicyclic) bond motifs is 7. The zero-order chi connectivity index (χ0) is 22.6. The van der Waals surface area contributed by atoms with Gasteiger partial charge in [-0.25, -0.2) is 0 Å². The van der Waals surface area contributed by atoms with Crippen LogP contribution in [0.4, 0.5) is 0 Å². The minimum Gasteiger partial charge on any atom is -0.393 e. The first-order chi connectivity index (χ1) is 14.3. The summed E-state index contributed by atoms with van der Waals surface area (Å²) in [7, 11) is 0. The number of hydrogen-bond donors (Lipinski definition) is 1. The molecule has 9 atom stereocenters. The molecule has 0 aliphatic heterocycles. The third-order valence-corrected chi connectivity index (χ3v) is 12.8. The molecule has 0 aromatic rings. The molecule has 1 nitrogen and oxygen atoms in total. The van der Waals surface area contributed by atoms with E-state index in [2.05, 4.69) is 61.5 Å². The highest BCUT2D eigenvalue weighted by atomic mass is 16.3. The Morgan fingerprint density at radius 1 is 0.806 bits per heavy atom. The zero-order valence-electron chi connectivity index (χ0n) is 21.9. The maximum absolute atomic E-state index is 10.9. The largest absolute Gasteiger partial charge is 0.393 e. The second-order valence-electron chi connectivity index (χ2n) is 14.8. The van der Waals surface area contributed by atoms with Gasteiger partial charge in [0.15, 0.2) is 0 Å². The Hall–Kier alpha value is -0.300. The summed E-state index contributed by atoms with van der Waals surface area (Å²) in [6.45, 7) is 20.4. The van der Waals surface area contributed by atoms with Crippen molar-refractivity contribution in [3.63, 3.8) is 0 Å². The molecule has 0 saturated heterocycles. The van der Waals surface area contributed by atoms with E-state index in [4.69, 9.17) is 0 Å². The van der Waals surface area contributed by atoms with Gasteiger partial charge in [-0.1, -0.05) is 67.0 Å². The number of aliphatic hydroxyl groups excluding tert-OH is 1. The normalized spacial score (nSPS) is 55.7. The summed E-state index contributed by atoms with van der Waals surface area (Å²) in [5, 5.41) is 10.9. The molecule has 9 unspecified atom stereocenters. The fourth-order valence-corrected chi connectivity index (χ4v) is 11.4. The van der Waals surface area contributed by atoms with E-state index in [-0.39, 0.29) is 11.5 Å². The third-order valence-electron chi connectivity index (χ3n) is 12.8. The van der Waals surface area contributed by atoms with E-state index in [1.54, 1.807) is 0 Å². The Labute approximate surface area is 192 Å². The molecule has 0 spiro atoms. The highest BCUT2D eigenvalue weighted by Gasteiger charge is 2.67. The topological polar surface area (TPSA) is 20.2 Å². The monoisotopic (exact) mass is 426 g/mol. The summed E-state index contributed by atoms with van der Waals surface area (Å²) < 4.78 is 0. The average Bonchev–Trinajstić information content (AvgIpc) is 3.03. The maximum atomic E-state index is 10.9. The molecule has 0 heterocycles. The third kappa shape index (κ3) is 2.71. The molecule has 5 aliphatic rings. The number of rotatable bonds is 1. The molecule has 5 rings (SSSR count). The van der Waals surface area contributed by atoms with E-state index < -0.39 is 0 Å². The van der Waals surface area contributed by atoms with E-state index in [1.807, 2.05) is 5.57 Å². The van der Waals surface area contributed by atoms with Gasteiger partial charge in [-0.15, -0.1) is 0 Å². The molecule has 1 N–H and O–H groups in total. The zero-order valence-corrected chi connectivity index (χ0v) is 21.9. The number of hydrogen-bond acceptors (Lipinski definition) is 1. The van der Waals surface area contributed by atoms with E-state index in [0.29, 0.717) is 27.6 Å². The molecule has 0 aromatic carbocycles. The average molecular weight is 427 g/mol. The van der Waals surface area contributed by atoms with Crippen molar-refractivity contribution in [2.45, 2.75) is 119 Å². The molecule has 4 saturated carbocycles. The summed E-state index contributed by atoms with van der Waals surface area (Å²) in [4.78, 5) is 0. The molecule has 0 bridgehead atoms. The van der Waals surface area contributed by atoms with Gasteiger partial charge in [0.2, 0.25) is 0 Å². The molecule has 0 radical (unpaired) electrons. The molecule has 0 amide bonds. The van der Waals surface area contributed by atoms with Crippen LogP contribution < -0.4 is 0 Å². The maximum Gasteiger partial charge on any atom is 0.0594 e. The van der Waals surface area contributed by atoms with Crippen LogP contribution in [0.3, 0.4) is 0 Å². The fourth-order valence-electron chi connectivity index (χ4n) is 11.4. The summed E-state index contributed by atoms with van der Waals surface area (Å²) in [6.07, 6.45) is 14.5. The molecule has 5 aliphatic carbocycles. The first kappa shape index (κ1) is 22.5. The number of aliphatic hydroxyl groups is 1. The Bertz CT molecular complexity index is 777. The van der Waals surface area contributed by atoms with Crippen LogP contribution >= 0.6 is 0 Å². The van der Waals surface area contributed by atoms with Crippen molar-refractivity contribution in [3.8, 4) is 0 Å². The van der Waals surface area contributed by atoms with Crippen LogP contribution in [0.25, 0.3) is 0 Å². The molecular formula is C30H50O. The quantitative estimate of drug-likeness (QED) is 0.421. The summed E-state index contributed by atoms with van der Waals surface area (Å²) >= 11 is 0. The van der Waals surface area contributed by atoms with Gasteiger partial charge in [0.1, 0.15) is 0 Å². The van der Waals surface area contributed by atoms with Crippen LogP contribution in [0.5, 0.6) is 0 Å². The predicted octanol–water partition coefficient (Wildman–Crippen LogP) is 8.02. The fraction of sp³-hybridized carbons (Fsp3) is 0.933. The van der Waals surface area contributed by atoms with Crippen LogP contribution in [-0.2, 0) is 0 Å². The minimum atomic E-state index is -0.122. The summed E-state index contributed by atoms with van der Waals surface area (Å²) in [6, 6.07) is 0. The van der Waals surface area contributed by atoms with Crippen LogP contribution in [0.15, 0.2) is 11.6 Å². The van der Waals surface area contributed by atoms with Gasteiger partial charge < -0.3 is 5.11 Å². The van der Waals surface area contributed by atoms with Crippen LogP contribution in [0, 0.1) is 56.7 Å². The van der Waals surface area contributed by atoms with Crippen LogP contribution in [0.1, 0.15) is 113 Å². The van der Waals surface area contributed by atoms with Gasteiger partial charge >= 0.3 is 0 Å². The molecule has 1 heteroatoms. The van der Waals surface area contributed by atoms with Gasteiger partial charge in [0, 0.05) is 0 Å². The van der Waals surface area contributed by atoms with Crippen molar-refractivity contribution in [2.24, 2.45) is 56.7 Å². The van der Waals surface area contributed by atoms with Crippen LogP contribution in [-0.4, -0.2) is 11.2 Å². The standard InChI is InChI=1S/C30H50O/c1-19(2)20-9-14-27(5)15-10-23-29(7)16-11-21-26(3,4)24(31)13-18-28(21,6)22(29)12-17-30(23,8)25(20)27/h10,19-22,24-25,31H,9,11-18H2,1-8H3. The SMILES string of the molecule is CC(C)C1CCC2(C)CC=C3C(C)(CCC4C3(C)CCC3C(C)(C)C(O)CCC43C)C12. The highest BCUT2D eigenvalue weighted by Crippen LogP contribution is 2.75. The Kier molecular flexibility index (Phi) is 4.82. The molecule has 4 fully saturated rings. The first-order valence-electron chi connectivity index (χ1n) is 13.7. The lowest BCUT2D eigenvalue weighted by molar-refractivity contribution is -0.181. The van der Waals surface area contributed by atoms with Gasteiger partial charge in [0.25, 0.3) is 0 Å². The first-order valence-corrected chi connectivity index (χ1v) is 13.7. The predicted molar refractivity (Wildman–Crippen MR) is 131 cm³/mol. The van der Waals surface area contributed by atoms with E-state index in [0.717, 1.165) is 30.1 Å². The second-order valence-corrected chi connectivity index (χ2v) is 14.8. The van der Waals surface area contributed by atoms with Crippen molar-refractivity contribution in [1.29, 1.82) is 0 Å².